The summed E-state index contributed by atoms with van der Waals surface area (Å²) in [7, 11) is 0. The lowest BCUT2D eigenvalue weighted by atomic mass is 10.0. The van der Waals surface area contributed by atoms with Crippen molar-refractivity contribution in [3.8, 4) is 5.75 Å². The summed E-state index contributed by atoms with van der Waals surface area (Å²) in [6, 6.07) is 11.6. The molecule has 0 unspecified atom stereocenters. The van der Waals surface area contributed by atoms with E-state index in [4.69, 9.17) is 4.74 Å². The third kappa shape index (κ3) is 7.84. The maximum atomic E-state index is 12.7. The van der Waals surface area contributed by atoms with Gasteiger partial charge in [0, 0.05) is 31.4 Å². The number of phenols is 1. The molecule has 1 aliphatic rings. The average molecular weight is 469 g/mol. The van der Waals surface area contributed by atoms with Crippen LogP contribution >= 0.6 is 0 Å². The molecule has 9 nitrogen and oxygen atoms in total. The van der Waals surface area contributed by atoms with Crippen LogP contribution in [-0.4, -0.2) is 59.2 Å². The number of hydrogen-bond donors (Lipinski definition) is 4. The van der Waals surface area contributed by atoms with Crippen molar-refractivity contribution in [1.82, 2.24) is 20.9 Å². The van der Waals surface area contributed by atoms with E-state index in [9.17, 15) is 19.5 Å². The maximum Gasteiger partial charge on any atom is 0.253 e. The van der Waals surface area contributed by atoms with Crippen LogP contribution in [0.15, 0.2) is 48.7 Å². The minimum atomic E-state index is -0.898. The number of nitrogens with zero attached hydrogens (tertiary/aromatic N) is 1. The number of ether oxygens (including phenoxy) is 1. The number of aromatic nitrogens is 1. The molecular weight excluding hydrogens is 436 g/mol. The van der Waals surface area contributed by atoms with Gasteiger partial charge in [-0.1, -0.05) is 32.0 Å². The highest BCUT2D eigenvalue weighted by molar-refractivity contribution is 5.97. The Morgan fingerprint density at radius 3 is 2.35 bits per heavy atom. The highest BCUT2D eigenvalue weighted by Gasteiger charge is 2.50. The second kappa shape index (κ2) is 12.1. The van der Waals surface area contributed by atoms with Crippen LogP contribution in [0.2, 0.25) is 0 Å². The van der Waals surface area contributed by atoms with Gasteiger partial charge in [0.15, 0.2) is 12.2 Å². The summed E-state index contributed by atoms with van der Waals surface area (Å²) in [4.78, 5) is 41.8. The Hall–Kier alpha value is -3.46. The van der Waals surface area contributed by atoms with E-state index in [0.29, 0.717) is 32.4 Å². The summed E-state index contributed by atoms with van der Waals surface area (Å²) in [5, 5.41) is 17.7. The van der Waals surface area contributed by atoms with E-state index in [1.807, 2.05) is 32.0 Å². The first-order chi connectivity index (χ1) is 16.3. The van der Waals surface area contributed by atoms with Gasteiger partial charge in [0.2, 0.25) is 5.91 Å². The van der Waals surface area contributed by atoms with Crippen molar-refractivity contribution >= 4 is 17.7 Å². The van der Waals surface area contributed by atoms with Crippen molar-refractivity contribution < 1.29 is 24.2 Å². The number of nitrogens with one attached hydrogen (secondary N) is 3. The minimum absolute atomic E-state index is 0.186. The molecule has 0 bridgehead atoms. The smallest absolute Gasteiger partial charge is 0.253 e. The van der Waals surface area contributed by atoms with Gasteiger partial charge in [-0.3, -0.25) is 19.4 Å². The molecular formula is C25H32N4O5. The van der Waals surface area contributed by atoms with Crippen LogP contribution < -0.4 is 16.0 Å². The predicted molar refractivity (Wildman–Crippen MR) is 126 cm³/mol. The summed E-state index contributed by atoms with van der Waals surface area (Å²) < 4.78 is 5.29. The molecule has 3 atom stereocenters. The number of aromatic hydroxyl groups is 1. The van der Waals surface area contributed by atoms with Gasteiger partial charge in [-0.2, -0.15) is 0 Å². The Kier molecular flexibility index (Phi) is 8.98. The number of carbonyl (C=O) groups is 3. The summed E-state index contributed by atoms with van der Waals surface area (Å²) in [5.41, 5.74) is 1.84. The predicted octanol–water partition coefficient (Wildman–Crippen LogP) is 1.10. The Balaban J connectivity index is 1.42. The zero-order valence-electron chi connectivity index (χ0n) is 19.5. The van der Waals surface area contributed by atoms with Crippen molar-refractivity contribution in [3.63, 3.8) is 0 Å². The van der Waals surface area contributed by atoms with E-state index >= 15 is 0 Å². The summed E-state index contributed by atoms with van der Waals surface area (Å²) in [6.45, 7) is 4.73. The molecule has 4 N–H and O–H groups in total. The first kappa shape index (κ1) is 25.2. The second-order valence-electron chi connectivity index (χ2n) is 8.74. The lowest BCUT2D eigenvalue weighted by molar-refractivity contribution is -0.130. The second-order valence-corrected chi connectivity index (χ2v) is 8.74. The zero-order valence-corrected chi connectivity index (χ0v) is 19.5. The molecule has 3 amide bonds. The highest BCUT2D eigenvalue weighted by Crippen LogP contribution is 2.23. The summed E-state index contributed by atoms with van der Waals surface area (Å²) in [5.74, 6) is -0.728. The lowest BCUT2D eigenvalue weighted by Gasteiger charge is -2.19. The largest absolute Gasteiger partial charge is 0.508 e. The fourth-order valence-corrected chi connectivity index (χ4v) is 3.54. The van der Waals surface area contributed by atoms with Gasteiger partial charge in [-0.25, -0.2) is 0 Å². The number of carbonyl (C=O) groups excluding carboxylic acids is 3. The van der Waals surface area contributed by atoms with Gasteiger partial charge in [-0.15, -0.1) is 0 Å². The monoisotopic (exact) mass is 468 g/mol. The van der Waals surface area contributed by atoms with Crippen LogP contribution in [0.4, 0.5) is 0 Å². The van der Waals surface area contributed by atoms with Gasteiger partial charge in [0.25, 0.3) is 11.8 Å². The van der Waals surface area contributed by atoms with Crippen molar-refractivity contribution in [2.45, 2.75) is 51.4 Å². The molecule has 9 heteroatoms. The Morgan fingerprint density at radius 1 is 0.971 bits per heavy atom. The molecule has 0 radical (unpaired) electrons. The van der Waals surface area contributed by atoms with Crippen LogP contribution in [0.25, 0.3) is 0 Å². The molecule has 1 saturated heterocycles. The Bertz CT molecular complexity index is 965. The number of epoxide rings is 1. The van der Waals surface area contributed by atoms with Gasteiger partial charge < -0.3 is 25.8 Å². The topological polar surface area (TPSA) is 133 Å². The molecule has 1 aromatic heterocycles. The standard InChI is InChI=1S/C25H32N4O5/c1-16(2)15-20(23(31)27-14-11-18-5-3-4-12-26-18)29-25(33)22-21(34-22)24(32)28-13-10-17-6-8-19(30)9-7-17/h3-9,12,16,20-22,30H,10-11,13-15H2,1-2H3,(H,27,31)(H,28,32)(H,29,33)/t20-,21+,22+/m1/s1. The number of rotatable bonds is 12. The number of hydrogen-bond acceptors (Lipinski definition) is 6. The molecule has 1 fully saturated rings. The number of benzene rings is 1. The first-order valence-corrected chi connectivity index (χ1v) is 11.5. The molecule has 1 aliphatic heterocycles. The molecule has 0 aliphatic carbocycles. The molecule has 2 heterocycles. The third-order valence-electron chi connectivity index (χ3n) is 5.40. The summed E-state index contributed by atoms with van der Waals surface area (Å²) >= 11 is 0. The fourth-order valence-electron chi connectivity index (χ4n) is 3.54. The van der Waals surface area contributed by atoms with Crippen molar-refractivity contribution in [2.24, 2.45) is 5.92 Å². The van der Waals surface area contributed by atoms with E-state index in [1.54, 1.807) is 30.5 Å². The molecule has 0 saturated carbocycles. The van der Waals surface area contributed by atoms with E-state index in [-0.39, 0.29) is 23.5 Å². The molecule has 3 rings (SSSR count). The van der Waals surface area contributed by atoms with Gasteiger partial charge >= 0.3 is 0 Å². The first-order valence-electron chi connectivity index (χ1n) is 11.5. The van der Waals surface area contributed by atoms with Crippen molar-refractivity contribution in [1.29, 1.82) is 0 Å². The van der Waals surface area contributed by atoms with Crippen LogP contribution in [0.3, 0.4) is 0 Å². The molecule has 2 aromatic rings. The van der Waals surface area contributed by atoms with Gasteiger partial charge in [0.1, 0.15) is 11.8 Å². The van der Waals surface area contributed by atoms with Crippen molar-refractivity contribution in [3.05, 3.63) is 59.9 Å². The number of pyridine rings is 1. The number of phenolic OH excluding ortho intramolecular Hbond substituents is 1. The maximum absolute atomic E-state index is 12.7. The average Bonchev–Trinajstić information content (AvgIpc) is 3.61. The van der Waals surface area contributed by atoms with Crippen LogP contribution in [0, 0.1) is 5.92 Å². The van der Waals surface area contributed by atoms with E-state index in [2.05, 4.69) is 20.9 Å². The summed E-state index contributed by atoms with van der Waals surface area (Å²) in [6.07, 6.45) is 1.60. The quantitative estimate of drug-likeness (QED) is 0.345. The lowest BCUT2D eigenvalue weighted by Crippen LogP contribution is -2.49. The van der Waals surface area contributed by atoms with Crippen LogP contribution in [-0.2, 0) is 32.0 Å². The normalized spacial score (nSPS) is 17.6. The highest BCUT2D eigenvalue weighted by atomic mass is 16.6. The van der Waals surface area contributed by atoms with Crippen LogP contribution in [0.1, 0.15) is 31.5 Å². The van der Waals surface area contributed by atoms with E-state index < -0.39 is 24.2 Å². The van der Waals surface area contributed by atoms with E-state index in [0.717, 1.165) is 11.3 Å². The number of amides is 3. The molecule has 0 spiro atoms. The SMILES string of the molecule is CC(C)C[C@@H](NC(=O)[C@H]1O[C@@H]1C(=O)NCCc1ccc(O)cc1)C(=O)NCCc1ccccn1. The fraction of sp³-hybridized carbons (Fsp3) is 0.440. The van der Waals surface area contributed by atoms with Gasteiger partial charge in [-0.05, 0) is 48.6 Å². The molecule has 182 valence electrons. The van der Waals surface area contributed by atoms with Gasteiger partial charge in [0.05, 0.1) is 0 Å². The van der Waals surface area contributed by atoms with Crippen LogP contribution in [0.5, 0.6) is 5.75 Å². The third-order valence-corrected chi connectivity index (χ3v) is 5.40. The zero-order chi connectivity index (χ0) is 24.5. The molecule has 34 heavy (non-hydrogen) atoms. The van der Waals surface area contributed by atoms with Crippen molar-refractivity contribution in [2.75, 3.05) is 13.1 Å². The Morgan fingerprint density at radius 2 is 1.68 bits per heavy atom. The van der Waals surface area contributed by atoms with E-state index in [1.165, 1.54) is 0 Å². The molecule has 1 aromatic carbocycles. The minimum Gasteiger partial charge on any atom is -0.508 e. The Labute approximate surface area is 199 Å².